The summed E-state index contributed by atoms with van der Waals surface area (Å²) >= 11 is 6.28. The standard InChI is InChI=1S/C21H19ClFN3O3/c1-11-8-16-19(21(27)26(11)10-12-4-3-7-28-12)17(13(9-24)20(25)29-16)18-14(22)5-2-6-15(18)23/h2,5-6,8,12,17H,3-4,7,10,25H2,1H3/t12-,17+/m1/s1. The summed E-state index contributed by atoms with van der Waals surface area (Å²) in [5.41, 5.74) is 6.36. The smallest absolute Gasteiger partial charge is 0.258 e. The highest BCUT2D eigenvalue weighted by Gasteiger charge is 2.37. The second-order valence-electron chi connectivity index (χ2n) is 7.17. The van der Waals surface area contributed by atoms with Crippen LogP contribution in [-0.2, 0) is 11.3 Å². The van der Waals surface area contributed by atoms with Gasteiger partial charge in [0.15, 0.2) is 0 Å². The van der Waals surface area contributed by atoms with E-state index in [2.05, 4.69) is 0 Å². The summed E-state index contributed by atoms with van der Waals surface area (Å²) in [5, 5.41) is 9.79. The summed E-state index contributed by atoms with van der Waals surface area (Å²) in [5.74, 6) is -1.64. The van der Waals surface area contributed by atoms with Gasteiger partial charge in [-0.1, -0.05) is 17.7 Å². The molecule has 0 unspecified atom stereocenters. The van der Waals surface area contributed by atoms with Gasteiger partial charge >= 0.3 is 0 Å². The maximum absolute atomic E-state index is 14.8. The Balaban J connectivity index is 1.95. The fourth-order valence-corrected chi connectivity index (χ4v) is 4.25. The number of ether oxygens (including phenoxy) is 2. The largest absolute Gasteiger partial charge is 0.440 e. The molecule has 0 spiro atoms. The van der Waals surface area contributed by atoms with Crippen LogP contribution < -0.4 is 16.0 Å². The van der Waals surface area contributed by atoms with Crippen molar-refractivity contribution in [1.82, 2.24) is 4.57 Å². The molecule has 0 saturated carbocycles. The molecule has 2 N–H and O–H groups in total. The molecule has 0 amide bonds. The first kappa shape index (κ1) is 19.5. The van der Waals surface area contributed by atoms with E-state index in [9.17, 15) is 14.4 Å². The highest BCUT2D eigenvalue weighted by atomic mass is 35.5. The number of aryl methyl sites for hydroxylation is 1. The molecule has 1 aromatic carbocycles. The molecule has 0 radical (unpaired) electrons. The van der Waals surface area contributed by atoms with Gasteiger partial charge in [-0.05, 0) is 31.9 Å². The third kappa shape index (κ3) is 3.28. The molecular formula is C21H19ClFN3O3. The molecule has 2 aromatic rings. The molecule has 2 aliphatic rings. The van der Waals surface area contributed by atoms with E-state index in [0.717, 1.165) is 12.8 Å². The lowest BCUT2D eigenvalue weighted by Gasteiger charge is -2.28. The van der Waals surface area contributed by atoms with Gasteiger partial charge < -0.3 is 19.8 Å². The van der Waals surface area contributed by atoms with Crippen LogP contribution in [0.4, 0.5) is 4.39 Å². The summed E-state index contributed by atoms with van der Waals surface area (Å²) in [6.07, 6.45) is 1.73. The topological polar surface area (TPSA) is 90.3 Å². The minimum Gasteiger partial charge on any atom is -0.440 e. The molecule has 3 heterocycles. The average molecular weight is 416 g/mol. The number of nitrogens with zero attached hydrogens (tertiary/aromatic N) is 2. The van der Waals surface area contributed by atoms with E-state index in [1.54, 1.807) is 17.6 Å². The third-order valence-corrected chi connectivity index (χ3v) is 5.72. The van der Waals surface area contributed by atoms with Crippen molar-refractivity contribution in [2.45, 2.75) is 38.3 Å². The minimum absolute atomic E-state index is 0.0304. The maximum Gasteiger partial charge on any atom is 0.258 e. The number of hydrogen-bond acceptors (Lipinski definition) is 5. The number of halogens is 2. The van der Waals surface area contributed by atoms with E-state index in [0.29, 0.717) is 18.8 Å². The zero-order chi connectivity index (χ0) is 20.7. The molecule has 29 heavy (non-hydrogen) atoms. The Morgan fingerprint density at radius 1 is 1.41 bits per heavy atom. The second kappa shape index (κ2) is 7.54. The lowest BCUT2D eigenvalue weighted by molar-refractivity contribution is 0.0954. The molecule has 1 aromatic heterocycles. The van der Waals surface area contributed by atoms with Gasteiger partial charge in [-0.3, -0.25) is 4.79 Å². The SMILES string of the molecule is Cc1cc2c(c(=O)n1C[C@H]1CCCO1)[C@H](c1c(F)cccc1Cl)C(C#N)=C(N)O2. The van der Waals surface area contributed by atoms with Gasteiger partial charge in [-0.25, -0.2) is 4.39 Å². The van der Waals surface area contributed by atoms with Crippen LogP contribution in [0.3, 0.4) is 0 Å². The van der Waals surface area contributed by atoms with Crippen molar-refractivity contribution in [3.8, 4) is 11.8 Å². The van der Waals surface area contributed by atoms with Gasteiger partial charge in [0.05, 0.1) is 24.1 Å². The summed E-state index contributed by atoms with van der Waals surface area (Å²) in [6, 6.07) is 7.85. The molecule has 0 aliphatic carbocycles. The average Bonchev–Trinajstić information content (AvgIpc) is 3.18. The Labute approximate surface area is 171 Å². The van der Waals surface area contributed by atoms with Gasteiger partial charge in [0.2, 0.25) is 5.88 Å². The van der Waals surface area contributed by atoms with Crippen molar-refractivity contribution in [3.63, 3.8) is 0 Å². The number of aromatic nitrogens is 1. The van der Waals surface area contributed by atoms with Crippen LogP contribution in [-0.4, -0.2) is 17.3 Å². The molecule has 2 atom stereocenters. The lowest BCUT2D eigenvalue weighted by atomic mass is 9.83. The number of hydrogen-bond donors (Lipinski definition) is 1. The van der Waals surface area contributed by atoms with Crippen LogP contribution >= 0.6 is 11.6 Å². The predicted molar refractivity (Wildman–Crippen MR) is 105 cm³/mol. The van der Waals surface area contributed by atoms with Gasteiger partial charge in [0.25, 0.3) is 5.56 Å². The highest BCUT2D eigenvalue weighted by Crippen LogP contribution is 2.43. The number of fused-ring (bicyclic) bond motifs is 1. The number of benzene rings is 1. The summed E-state index contributed by atoms with van der Waals surface area (Å²) in [7, 11) is 0. The van der Waals surface area contributed by atoms with E-state index in [-0.39, 0.29) is 45.0 Å². The lowest BCUT2D eigenvalue weighted by Crippen LogP contribution is -2.35. The van der Waals surface area contributed by atoms with Gasteiger partial charge in [0.1, 0.15) is 23.2 Å². The Hall–Kier alpha value is -2.82. The first-order chi connectivity index (χ1) is 13.9. The third-order valence-electron chi connectivity index (χ3n) is 5.39. The van der Waals surface area contributed by atoms with Crippen LogP contribution in [0.15, 0.2) is 40.5 Å². The summed E-state index contributed by atoms with van der Waals surface area (Å²) < 4.78 is 27.6. The van der Waals surface area contributed by atoms with Gasteiger partial charge in [-0.15, -0.1) is 0 Å². The first-order valence-corrected chi connectivity index (χ1v) is 9.67. The van der Waals surface area contributed by atoms with Crippen molar-refractivity contribution in [2.75, 3.05) is 6.61 Å². The van der Waals surface area contributed by atoms with Crippen LogP contribution in [0, 0.1) is 24.1 Å². The Morgan fingerprint density at radius 2 is 2.21 bits per heavy atom. The van der Waals surface area contributed by atoms with E-state index < -0.39 is 11.7 Å². The number of rotatable bonds is 3. The molecule has 1 saturated heterocycles. The van der Waals surface area contributed by atoms with Gasteiger partial charge in [0, 0.05) is 29.0 Å². The van der Waals surface area contributed by atoms with Crippen molar-refractivity contribution in [2.24, 2.45) is 5.73 Å². The number of pyridine rings is 1. The zero-order valence-electron chi connectivity index (χ0n) is 15.7. The van der Waals surface area contributed by atoms with Crippen molar-refractivity contribution in [3.05, 3.63) is 73.7 Å². The monoisotopic (exact) mass is 415 g/mol. The van der Waals surface area contributed by atoms with Crippen LogP contribution in [0.1, 0.15) is 35.6 Å². The number of allylic oxidation sites excluding steroid dienone is 1. The number of nitrogens with two attached hydrogens (primary N) is 1. The Bertz CT molecular complexity index is 1090. The molecule has 0 bridgehead atoms. The molecular weight excluding hydrogens is 397 g/mol. The van der Waals surface area contributed by atoms with Crippen LogP contribution in [0.5, 0.6) is 5.75 Å². The first-order valence-electron chi connectivity index (χ1n) is 9.29. The van der Waals surface area contributed by atoms with Crippen molar-refractivity contribution < 1.29 is 13.9 Å². The van der Waals surface area contributed by atoms with E-state index >= 15 is 0 Å². The fourth-order valence-electron chi connectivity index (χ4n) is 3.98. The number of nitriles is 1. The summed E-state index contributed by atoms with van der Waals surface area (Å²) in [6.45, 7) is 2.82. The maximum atomic E-state index is 14.8. The van der Waals surface area contributed by atoms with Crippen LogP contribution in [0.25, 0.3) is 0 Å². The zero-order valence-corrected chi connectivity index (χ0v) is 16.5. The van der Waals surface area contributed by atoms with E-state index in [1.165, 1.54) is 18.2 Å². The quantitative estimate of drug-likeness (QED) is 0.830. The fraction of sp³-hybridized carbons (Fsp3) is 0.333. The minimum atomic E-state index is -1.05. The van der Waals surface area contributed by atoms with Crippen LogP contribution in [0.2, 0.25) is 5.02 Å². The Kier molecular flexibility index (Phi) is 5.07. The Morgan fingerprint density at radius 3 is 2.86 bits per heavy atom. The highest BCUT2D eigenvalue weighted by molar-refractivity contribution is 6.31. The normalized spacial score (nSPS) is 20.9. The van der Waals surface area contributed by atoms with E-state index in [1.807, 2.05) is 6.07 Å². The summed E-state index contributed by atoms with van der Waals surface area (Å²) in [4.78, 5) is 13.5. The molecule has 150 valence electrons. The van der Waals surface area contributed by atoms with Crippen molar-refractivity contribution in [1.29, 1.82) is 5.26 Å². The van der Waals surface area contributed by atoms with Crippen molar-refractivity contribution >= 4 is 11.6 Å². The van der Waals surface area contributed by atoms with Gasteiger partial charge in [-0.2, -0.15) is 5.26 Å². The molecule has 2 aliphatic heterocycles. The molecule has 1 fully saturated rings. The molecule has 8 heteroatoms. The van der Waals surface area contributed by atoms with E-state index in [4.69, 9.17) is 26.8 Å². The molecule has 4 rings (SSSR count). The second-order valence-corrected chi connectivity index (χ2v) is 7.58. The predicted octanol–water partition coefficient (Wildman–Crippen LogP) is 3.35. The molecule has 6 nitrogen and oxygen atoms in total.